The third-order valence-corrected chi connectivity index (χ3v) is 5.10. The van der Waals surface area contributed by atoms with Crippen LogP contribution in [0.25, 0.3) is 22.0 Å². The minimum atomic E-state index is -0.202. The van der Waals surface area contributed by atoms with Crippen LogP contribution < -0.4 is 10.1 Å². The van der Waals surface area contributed by atoms with Crippen LogP contribution in [0.5, 0.6) is 5.75 Å². The number of anilines is 2. The average Bonchev–Trinajstić information content (AvgIpc) is 3.18. The van der Waals surface area contributed by atoms with Crippen LogP contribution in [0, 0.1) is 0 Å². The van der Waals surface area contributed by atoms with Gasteiger partial charge in [-0.15, -0.1) is 0 Å². The van der Waals surface area contributed by atoms with Gasteiger partial charge >= 0.3 is 0 Å². The first kappa shape index (κ1) is 16.9. The molecule has 0 amide bonds. The zero-order valence-electron chi connectivity index (χ0n) is 15.2. The molecule has 0 radical (unpaired) electrons. The van der Waals surface area contributed by atoms with Crippen LogP contribution >= 0.6 is 0 Å². The van der Waals surface area contributed by atoms with Crippen molar-refractivity contribution in [1.29, 1.82) is 0 Å². The normalized spacial score (nSPS) is 19.8. The maximum Gasteiger partial charge on any atom is 0.227 e. The third-order valence-electron chi connectivity index (χ3n) is 5.10. The Kier molecular flexibility index (Phi) is 4.29. The first-order valence-corrected chi connectivity index (χ1v) is 9.45. The highest BCUT2D eigenvalue weighted by atomic mass is 16.5. The van der Waals surface area contributed by atoms with Gasteiger partial charge in [0.15, 0.2) is 12.0 Å². The molecule has 2 aromatic carbocycles. The molecule has 0 atom stereocenters. The van der Waals surface area contributed by atoms with Gasteiger partial charge in [0.25, 0.3) is 0 Å². The van der Waals surface area contributed by atoms with Crippen molar-refractivity contribution in [3.8, 4) is 5.75 Å². The maximum absolute atomic E-state index is 9.70. The molecular weight excluding hydrogens is 356 g/mol. The maximum atomic E-state index is 9.70. The second kappa shape index (κ2) is 7.09. The molecule has 0 bridgehead atoms. The van der Waals surface area contributed by atoms with E-state index in [9.17, 15) is 5.11 Å². The number of fused-ring (bicyclic) bond motifs is 2. The van der Waals surface area contributed by atoms with Gasteiger partial charge in [0.05, 0.1) is 12.2 Å². The molecule has 1 saturated carbocycles. The number of aliphatic hydroxyl groups is 1. The summed E-state index contributed by atoms with van der Waals surface area (Å²) >= 11 is 0. The summed E-state index contributed by atoms with van der Waals surface area (Å²) < 4.78 is 11.6. The molecule has 1 aliphatic rings. The monoisotopic (exact) mass is 376 g/mol. The zero-order valence-corrected chi connectivity index (χ0v) is 15.2. The van der Waals surface area contributed by atoms with Crippen molar-refractivity contribution in [2.45, 2.75) is 37.9 Å². The van der Waals surface area contributed by atoms with Crippen molar-refractivity contribution in [3.05, 3.63) is 49.0 Å². The molecule has 0 unspecified atom stereocenters. The lowest BCUT2D eigenvalue weighted by Crippen LogP contribution is -2.26. The Bertz CT molecular complexity index is 1120. The molecule has 2 heterocycles. The van der Waals surface area contributed by atoms with Crippen LogP contribution in [-0.2, 0) is 0 Å². The number of aromatic nitrogens is 3. The predicted molar refractivity (Wildman–Crippen MR) is 106 cm³/mol. The van der Waals surface area contributed by atoms with E-state index in [4.69, 9.17) is 9.15 Å². The summed E-state index contributed by atoms with van der Waals surface area (Å²) in [5, 5.41) is 13.8. The fourth-order valence-electron chi connectivity index (χ4n) is 3.59. The van der Waals surface area contributed by atoms with Gasteiger partial charge in [-0.3, -0.25) is 0 Å². The zero-order chi connectivity index (χ0) is 18.9. The molecule has 28 heavy (non-hydrogen) atoms. The van der Waals surface area contributed by atoms with E-state index in [1.807, 2.05) is 36.4 Å². The number of oxazole rings is 1. The number of aliphatic hydroxyl groups excluding tert-OH is 1. The summed E-state index contributed by atoms with van der Waals surface area (Å²) in [4.78, 5) is 13.2. The Morgan fingerprint density at radius 1 is 1.07 bits per heavy atom. The minimum absolute atomic E-state index is 0.106. The quantitative estimate of drug-likeness (QED) is 0.551. The lowest BCUT2D eigenvalue weighted by Gasteiger charge is -2.26. The number of para-hydroxylation sites is 1. The van der Waals surface area contributed by atoms with Crippen molar-refractivity contribution >= 4 is 33.6 Å². The van der Waals surface area contributed by atoms with E-state index in [-0.39, 0.29) is 12.2 Å². The van der Waals surface area contributed by atoms with Gasteiger partial charge in [-0.05, 0) is 43.9 Å². The molecule has 2 aromatic heterocycles. The van der Waals surface area contributed by atoms with Crippen molar-refractivity contribution < 1.29 is 14.3 Å². The van der Waals surface area contributed by atoms with Crippen molar-refractivity contribution in [3.63, 3.8) is 0 Å². The fraction of sp³-hybridized carbons (Fsp3) is 0.286. The Balaban J connectivity index is 1.42. The van der Waals surface area contributed by atoms with Crippen LogP contribution in [0.3, 0.4) is 0 Å². The molecule has 5 rings (SSSR count). The summed E-state index contributed by atoms with van der Waals surface area (Å²) in [5.74, 6) is 1.23. The predicted octanol–water partition coefficient (Wildman–Crippen LogP) is 4.20. The second-order valence-corrected chi connectivity index (χ2v) is 7.10. The van der Waals surface area contributed by atoms with E-state index in [1.54, 1.807) is 6.20 Å². The third kappa shape index (κ3) is 3.36. The molecule has 0 saturated heterocycles. The van der Waals surface area contributed by atoms with Crippen LogP contribution in [0.1, 0.15) is 25.7 Å². The van der Waals surface area contributed by atoms with E-state index in [2.05, 4.69) is 20.3 Å². The topological polar surface area (TPSA) is 93.3 Å². The van der Waals surface area contributed by atoms with Gasteiger partial charge in [-0.2, -0.15) is 0 Å². The Hall–Kier alpha value is -3.19. The molecule has 142 valence electrons. The highest BCUT2D eigenvalue weighted by Crippen LogP contribution is 2.29. The number of rotatable bonds is 4. The van der Waals surface area contributed by atoms with Gasteiger partial charge in [0.2, 0.25) is 5.95 Å². The largest absolute Gasteiger partial charge is 0.488 e. The summed E-state index contributed by atoms with van der Waals surface area (Å²) in [6.07, 6.45) is 6.38. The SMILES string of the molecule is OC1CCC(Oc2cccc3cnc(Nc4ccc5ncoc5c4)nc23)CC1. The van der Waals surface area contributed by atoms with E-state index < -0.39 is 0 Å². The number of hydrogen-bond acceptors (Lipinski definition) is 7. The summed E-state index contributed by atoms with van der Waals surface area (Å²) in [5.41, 5.74) is 3.10. The number of ether oxygens (including phenoxy) is 1. The molecule has 7 nitrogen and oxygen atoms in total. The van der Waals surface area contributed by atoms with Gasteiger partial charge in [-0.1, -0.05) is 12.1 Å². The van der Waals surface area contributed by atoms with Crippen molar-refractivity contribution in [1.82, 2.24) is 15.0 Å². The van der Waals surface area contributed by atoms with Crippen LogP contribution in [0.2, 0.25) is 0 Å². The van der Waals surface area contributed by atoms with E-state index in [0.29, 0.717) is 11.5 Å². The molecule has 0 spiro atoms. The second-order valence-electron chi connectivity index (χ2n) is 7.10. The van der Waals surface area contributed by atoms with Crippen LogP contribution in [0.15, 0.2) is 53.4 Å². The number of nitrogens with zero attached hydrogens (tertiary/aromatic N) is 3. The molecular formula is C21H20N4O3. The Labute approximate surface area is 161 Å². The van der Waals surface area contributed by atoms with Crippen molar-refractivity contribution in [2.24, 2.45) is 0 Å². The number of nitrogens with one attached hydrogen (secondary N) is 1. The smallest absolute Gasteiger partial charge is 0.227 e. The lowest BCUT2D eigenvalue weighted by molar-refractivity contribution is 0.0672. The van der Waals surface area contributed by atoms with Crippen LogP contribution in [-0.4, -0.2) is 32.3 Å². The first-order valence-electron chi connectivity index (χ1n) is 9.45. The summed E-state index contributed by atoms with van der Waals surface area (Å²) in [6.45, 7) is 0. The highest BCUT2D eigenvalue weighted by molar-refractivity contribution is 5.85. The molecule has 2 N–H and O–H groups in total. The van der Waals surface area contributed by atoms with Gasteiger partial charge in [-0.25, -0.2) is 15.0 Å². The summed E-state index contributed by atoms with van der Waals surface area (Å²) in [6, 6.07) is 11.5. The molecule has 1 aliphatic carbocycles. The minimum Gasteiger partial charge on any atom is -0.488 e. The van der Waals surface area contributed by atoms with Gasteiger partial charge in [0, 0.05) is 23.3 Å². The Morgan fingerprint density at radius 3 is 2.86 bits per heavy atom. The fourth-order valence-corrected chi connectivity index (χ4v) is 3.59. The first-order chi connectivity index (χ1) is 13.7. The molecule has 1 fully saturated rings. The van der Waals surface area contributed by atoms with Crippen LogP contribution in [0.4, 0.5) is 11.6 Å². The van der Waals surface area contributed by atoms with Crippen molar-refractivity contribution in [2.75, 3.05) is 5.32 Å². The molecule has 0 aliphatic heterocycles. The number of hydrogen-bond donors (Lipinski definition) is 2. The highest BCUT2D eigenvalue weighted by Gasteiger charge is 2.21. The van der Waals surface area contributed by atoms with Gasteiger partial charge in [0.1, 0.15) is 16.8 Å². The van der Waals surface area contributed by atoms with E-state index >= 15 is 0 Å². The lowest BCUT2D eigenvalue weighted by atomic mass is 9.95. The van der Waals surface area contributed by atoms with E-state index in [0.717, 1.165) is 53.5 Å². The average molecular weight is 376 g/mol. The summed E-state index contributed by atoms with van der Waals surface area (Å²) in [7, 11) is 0. The van der Waals surface area contributed by atoms with Gasteiger partial charge < -0.3 is 19.6 Å². The number of benzene rings is 2. The van der Waals surface area contributed by atoms with E-state index in [1.165, 1.54) is 6.39 Å². The standard InChI is InChI=1S/C21H20N4O3/c26-15-5-7-16(8-6-15)28-18-3-1-2-13-11-22-21(25-20(13)18)24-14-4-9-17-19(10-14)27-12-23-17/h1-4,9-12,15-16,26H,5-8H2,(H,22,24,25). The Morgan fingerprint density at radius 2 is 1.96 bits per heavy atom. The molecule has 4 aromatic rings. The molecule has 7 heteroatoms.